The molecule has 0 aliphatic carbocycles. The van der Waals surface area contributed by atoms with Gasteiger partial charge in [-0.05, 0) is 0 Å². The van der Waals surface area contributed by atoms with Gasteiger partial charge in [0, 0.05) is 0 Å². The van der Waals surface area contributed by atoms with Gasteiger partial charge < -0.3 is 30.6 Å². The van der Waals surface area contributed by atoms with Gasteiger partial charge in [-0.15, -0.1) is 0 Å². The van der Waals surface area contributed by atoms with Gasteiger partial charge in [-0.3, -0.25) is 0 Å². The molecule has 2 atom stereocenters. The summed E-state index contributed by atoms with van der Waals surface area (Å²) in [5, 5.41) is 49.1. The lowest BCUT2D eigenvalue weighted by Gasteiger charge is -1.96. The van der Waals surface area contributed by atoms with E-state index in [9.17, 15) is 0 Å². The molecule has 0 fully saturated rings. The van der Waals surface area contributed by atoms with Crippen LogP contribution >= 0.6 is 13.5 Å². The lowest BCUT2D eigenvalue weighted by Crippen LogP contribution is -2.15. The van der Waals surface area contributed by atoms with Gasteiger partial charge in [0.25, 0.3) is 0 Å². The first kappa shape index (κ1) is 12.2. The van der Waals surface area contributed by atoms with Crippen LogP contribution in [-0.4, -0.2) is 69.2 Å². The zero-order chi connectivity index (χ0) is 13.6. The summed E-state index contributed by atoms with van der Waals surface area (Å²) in [4.78, 5) is 0. The average Bonchev–Trinajstić information content (AvgIpc) is 2.13. The van der Waals surface area contributed by atoms with Gasteiger partial charge in [-0.25, -0.2) is 0 Å². The number of hydrogen-bond donors (Lipinski definition) is 6. The van der Waals surface area contributed by atoms with Crippen LogP contribution in [0.4, 0.5) is 0 Å². The van der Waals surface area contributed by atoms with Gasteiger partial charge in [0.05, 0.1) is 31.8 Å². The molecule has 0 rings (SSSR count). The second-order valence-electron chi connectivity index (χ2n) is 1.65. The summed E-state index contributed by atoms with van der Waals surface area (Å²) in [6.07, 6.45) is -3.41. The van der Waals surface area contributed by atoms with Gasteiger partial charge in [-0.1, -0.05) is 7.43 Å². The summed E-state index contributed by atoms with van der Waals surface area (Å²) in [6, 6.07) is 0. The van der Waals surface area contributed by atoms with E-state index in [-0.39, 0.29) is 20.9 Å². The van der Waals surface area contributed by atoms with Crippen molar-refractivity contribution >= 4 is 13.5 Å². The fraction of sp³-hybridized carbons (Fsp3) is 1.00. The molecule has 6 N–H and O–H groups in total. The summed E-state index contributed by atoms with van der Waals surface area (Å²) in [5.74, 6) is 0. The van der Waals surface area contributed by atoms with E-state index in [0.29, 0.717) is 0 Å². The summed E-state index contributed by atoms with van der Waals surface area (Å²) < 4.78 is 25.4. The van der Waals surface area contributed by atoms with E-state index in [0.717, 1.165) is 0 Å². The van der Waals surface area contributed by atoms with Crippen molar-refractivity contribution in [2.75, 3.05) is 26.3 Å². The molecule has 0 bridgehead atoms. The first-order valence-electron chi connectivity index (χ1n) is 4.99. The third-order valence-electron chi connectivity index (χ3n) is 0.644. The smallest absolute Gasteiger partial charge is 0.100 e. The minimum atomic E-state index is -2.69. The molecular weight excluding hydrogens is 214 g/mol. The molecule has 7 heteroatoms. The fourth-order valence-corrected chi connectivity index (χ4v) is 0.0816. The highest BCUT2D eigenvalue weighted by Crippen LogP contribution is 1.72. The number of aliphatic hydroxyl groups excluding tert-OH is 4. The molecule has 14 heavy (non-hydrogen) atoms. The van der Waals surface area contributed by atoms with E-state index < -0.39 is 38.5 Å². The molecule has 0 amide bonds. The van der Waals surface area contributed by atoms with Crippen molar-refractivity contribution in [1.82, 2.24) is 0 Å². The van der Waals surface area contributed by atoms with Crippen molar-refractivity contribution in [2.24, 2.45) is 0 Å². The molecule has 0 spiro atoms. The van der Waals surface area contributed by atoms with Crippen molar-refractivity contribution in [3.63, 3.8) is 0 Å². The SMILES string of the molecule is C.S.[2H]C([2H])(O)[13C@@H](O)CO.[2H]C([2H])(O)[13C@H](O)CO. The number of aliphatic hydroxyl groups is 6. The summed E-state index contributed by atoms with van der Waals surface area (Å²) in [7, 11) is 0. The fourth-order valence-electron chi connectivity index (χ4n) is 0.0816. The maximum atomic E-state index is 8.32. The van der Waals surface area contributed by atoms with Crippen LogP contribution in [0.3, 0.4) is 0 Å². The predicted molar refractivity (Wildman–Crippen MR) is 57.5 cm³/mol. The lowest BCUT2D eigenvalue weighted by molar-refractivity contribution is 0.0450. The van der Waals surface area contributed by atoms with Crippen LogP contribution in [0.1, 0.15) is 12.9 Å². The molecule has 0 aliphatic heterocycles. The second-order valence-corrected chi connectivity index (χ2v) is 1.65. The largest absolute Gasteiger partial charge is 0.394 e. The van der Waals surface area contributed by atoms with Crippen molar-refractivity contribution in [1.29, 1.82) is 0 Å². The van der Waals surface area contributed by atoms with E-state index in [4.69, 9.17) is 36.1 Å². The Balaban J connectivity index is -0.0000000980. The Morgan fingerprint density at radius 1 is 0.857 bits per heavy atom. The molecule has 0 radical (unpaired) electrons. The van der Waals surface area contributed by atoms with Crippen molar-refractivity contribution in [2.45, 2.75) is 19.6 Å². The lowest BCUT2D eigenvalue weighted by atomic mass is 10.8. The average molecular weight is 240 g/mol. The summed E-state index contributed by atoms with van der Waals surface area (Å²) in [6.45, 7) is -6.92. The highest BCUT2D eigenvalue weighted by molar-refractivity contribution is 7.59. The van der Waals surface area contributed by atoms with E-state index in [1.54, 1.807) is 0 Å². The standard InChI is InChI=1S/2C3H8O3.CH4.H2S/c2*4-1-3(6)2-5;;/h2*3-6H,1-2H2;1H4;1H2/i2*1D2,3+1;;/t2*3-;;/m10../s1. The highest BCUT2D eigenvalue weighted by Gasteiger charge is 1.94. The highest BCUT2D eigenvalue weighted by atomic mass is 32.1. The van der Waals surface area contributed by atoms with E-state index in [1.807, 2.05) is 0 Å². The van der Waals surface area contributed by atoms with Gasteiger partial charge in [0.2, 0.25) is 0 Å². The van der Waals surface area contributed by atoms with Gasteiger partial charge in [0.1, 0.15) is 12.2 Å². The van der Waals surface area contributed by atoms with Crippen LogP contribution in [-0.2, 0) is 0 Å². The third-order valence-corrected chi connectivity index (χ3v) is 0.644. The van der Waals surface area contributed by atoms with Crippen molar-refractivity contribution in [3.05, 3.63) is 0 Å². The first-order valence-corrected chi connectivity index (χ1v) is 2.99. The molecule has 0 saturated heterocycles. The van der Waals surface area contributed by atoms with Crippen LogP contribution in [0.25, 0.3) is 0 Å². The Morgan fingerprint density at radius 2 is 1.07 bits per heavy atom. The van der Waals surface area contributed by atoms with Crippen LogP contribution < -0.4 is 0 Å². The monoisotopic (exact) mass is 240 g/mol. The van der Waals surface area contributed by atoms with Crippen LogP contribution in [0.15, 0.2) is 0 Å². The molecule has 92 valence electrons. The molecule has 0 aromatic carbocycles. The molecule has 0 heterocycles. The third kappa shape index (κ3) is 22.7. The first-order chi connectivity index (χ1) is 6.96. The molecule has 0 unspecified atom stereocenters. The maximum absolute atomic E-state index is 8.32. The van der Waals surface area contributed by atoms with Crippen LogP contribution in [0, 0.1) is 0 Å². The summed E-state index contributed by atoms with van der Waals surface area (Å²) in [5.41, 5.74) is 0. The molecule has 6 nitrogen and oxygen atoms in total. The Bertz CT molecular complexity index is 166. The van der Waals surface area contributed by atoms with Gasteiger partial charge >= 0.3 is 0 Å². The van der Waals surface area contributed by atoms with E-state index in [1.165, 1.54) is 0 Å². The molecule has 0 aliphatic rings. The Kier molecular flexibility index (Phi) is 16.4. The number of hydrogen-bond acceptors (Lipinski definition) is 6. The normalized spacial score (nSPS) is 18.7. The predicted octanol–water partition coefficient (Wildman–Crippen LogP) is -2.59. The minimum Gasteiger partial charge on any atom is -0.394 e. The summed E-state index contributed by atoms with van der Waals surface area (Å²) >= 11 is 0. The Hall–Kier alpha value is 0.110. The number of rotatable bonds is 4. The zero-order valence-corrected chi connectivity index (χ0v) is 7.75. The minimum absolute atomic E-state index is 0. The second kappa shape index (κ2) is 18.8. The Morgan fingerprint density at radius 3 is 1.07 bits per heavy atom. The van der Waals surface area contributed by atoms with Crippen molar-refractivity contribution in [3.8, 4) is 0 Å². The van der Waals surface area contributed by atoms with Crippen LogP contribution in [0.2, 0.25) is 0 Å². The topological polar surface area (TPSA) is 121 Å². The molecule has 0 saturated carbocycles. The molecule has 0 aromatic heterocycles. The molecular formula is C7H22O6S. The Labute approximate surface area is 96.5 Å². The van der Waals surface area contributed by atoms with Gasteiger partial charge in [0.15, 0.2) is 0 Å². The van der Waals surface area contributed by atoms with Crippen LogP contribution in [0.5, 0.6) is 0 Å². The van der Waals surface area contributed by atoms with E-state index >= 15 is 0 Å². The maximum Gasteiger partial charge on any atom is 0.100 e. The van der Waals surface area contributed by atoms with Crippen molar-refractivity contribution < 1.29 is 36.1 Å². The van der Waals surface area contributed by atoms with Gasteiger partial charge in [-0.2, -0.15) is 13.5 Å². The van der Waals surface area contributed by atoms with E-state index in [2.05, 4.69) is 0 Å². The molecule has 0 aromatic rings. The zero-order valence-electron chi connectivity index (χ0n) is 10.8. The quantitative estimate of drug-likeness (QED) is 0.300.